The van der Waals surface area contributed by atoms with E-state index in [4.69, 9.17) is 10.2 Å². The Labute approximate surface area is 215 Å². The smallest absolute Gasteiger partial charge is 0.0459 e. The fourth-order valence-electron chi connectivity index (χ4n) is 5.93. The molecule has 0 bridgehead atoms. The van der Waals surface area contributed by atoms with Gasteiger partial charge in [-0.2, -0.15) is 0 Å². The lowest BCUT2D eigenvalue weighted by molar-refractivity contribution is 0.177. The second kappa shape index (κ2) is 26.0. The Hall–Kier alpha value is -0.0800. The third-order valence-electron chi connectivity index (χ3n) is 8.47. The molecule has 2 unspecified atom stereocenters. The van der Waals surface area contributed by atoms with Gasteiger partial charge in [-0.3, -0.25) is 0 Å². The third-order valence-corrected chi connectivity index (χ3v) is 8.47. The van der Waals surface area contributed by atoms with Crippen LogP contribution < -0.4 is 0 Å². The van der Waals surface area contributed by atoms with Crippen molar-refractivity contribution >= 4 is 0 Å². The summed E-state index contributed by atoms with van der Waals surface area (Å²) in [5, 5.41) is 18.3. The molecule has 204 valence electrons. The average molecular weight is 481 g/mol. The lowest BCUT2D eigenvalue weighted by Crippen LogP contribution is -2.11. The van der Waals surface area contributed by atoms with Crippen LogP contribution in [-0.2, 0) is 0 Å². The Kier molecular flexibility index (Phi) is 24.4. The van der Waals surface area contributed by atoms with Crippen molar-refractivity contribution in [3.8, 4) is 0 Å². The zero-order valence-corrected chi connectivity index (χ0v) is 23.3. The minimum Gasteiger partial charge on any atom is -0.396 e. The SMILES string of the molecule is C1CCCCCCCCC1.C1CCCCCCCCC1.OCC1CCCCCC(CO)CCC1. The first-order chi connectivity index (χ1) is 16.9. The second-order valence-corrected chi connectivity index (χ2v) is 11.7. The Morgan fingerprint density at radius 3 is 0.647 bits per heavy atom. The summed E-state index contributed by atoms with van der Waals surface area (Å²) in [7, 11) is 0. The zero-order chi connectivity index (χ0) is 24.4. The van der Waals surface area contributed by atoms with Crippen molar-refractivity contribution in [2.45, 2.75) is 180 Å². The van der Waals surface area contributed by atoms with Crippen molar-refractivity contribution in [3.05, 3.63) is 0 Å². The number of aliphatic hydroxyl groups excluding tert-OH is 2. The van der Waals surface area contributed by atoms with Crippen LogP contribution in [0.2, 0.25) is 0 Å². The molecule has 3 fully saturated rings. The second-order valence-electron chi connectivity index (χ2n) is 11.7. The van der Waals surface area contributed by atoms with E-state index in [-0.39, 0.29) is 0 Å². The molecule has 0 aliphatic heterocycles. The van der Waals surface area contributed by atoms with Crippen molar-refractivity contribution in [3.63, 3.8) is 0 Å². The number of hydrogen-bond acceptors (Lipinski definition) is 2. The van der Waals surface area contributed by atoms with Gasteiger partial charge in [-0.25, -0.2) is 0 Å². The predicted molar refractivity (Wildman–Crippen MR) is 150 cm³/mol. The van der Waals surface area contributed by atoms with Crippen molar-refractivity contribution in [1.29, 1.82) is 0 Å². The summed E-state index contributed by atoms with van der Waals surface area (Å²) in [6.07, 6.45) is 39.6. The summed E-state index contributed by atoms with van der Waals surface area (Å²) < 4.78 is 0. The molecular weight excluding hydrogens is 416 g/mol. The van der Waals surface area contributed by atoms with Gasteiger partial charge in [0.15, 0.2) is 0 Å². The van der Waals surface area contributed by atoms with Crippen LogP contribution in [0.4, 0.5) is 0 Å². The van der Waals surface area contributed by atoms with E-state index < -0.39 is 0 Å². The molecule has 3 aliphatic carbocycles. The highest BCUT2D eigenvalue weighted by atomic mass is 16.3. The van der Waals surface area contributed by atoms with E-state index in [1.165, 1.54) is 167 Å². The summed E-state index contributed by atoms with van der Waals surface area (Å²) in [4.78, 5) is 0. The van der Waals surface area contributed by atoms with Crippen LogP contribution >= 0.6 is 0 Å². The molecule has 0 heterocycles. The topological polar surface area (TPSA) is 40.5 Å². The van der Waals surface area contributed by atoms with Gasteiger partial charge in [0.2, 0.25) is 0 Å². The molecule has 3 rings (SSSR count). The molecule has 0 aromatic heterocycles. The molecule has 2 heteroatoms. The van der Waals surface area contributed by atoms with Gasteiger partial charge in [-0.05, 0) is 37.5 Å². The van der Waals surface area contributed by atoms with E-state index in [0.29, 0.717) is 25.0 Å². The van der Waals surface area contributed by atoms with E-state index >= 15 is 0 Å². The van der Waals surface area contributed by atoms with E-state index in [1.54, 1.807) is 0 Å². The maximum atomic E-state index is 9.14. The molecule has 0 spiro atoms. The molecule has 2 N–H and O–H groups in total. The highest BCUT2D eigenvalue weighted by Gasteiger charge is 2.13. The van der Waals surface area contributed by atoms with Gasteiger partial charge in [0.25, 0.3) is 0 Å². The summed E-state index contributed by atoms with van der Waals surface area (Å²) >= 11 is 0. The highest BCUT2D eigenvalue weighted by molar-refractivity contribution is 4.65. The quantitative estimate of drug-likeness (QED) is 0.412. The Morgan fingerprint density at radius 1 is 0.265 bits per heavy atom. The third kappa shape index (κ3) is 21.2. The first-order valence-corrected chi connectivity index (χ1v) is 16.1. The van der Waals surface area contributed by atoms with Gasteiger partial charge in [0.05, 0.1) is 0 Å². The molecule has 0 aromatic carbocycles. The fraction of sp³-hybridized carbons (Fsp3) is 1.00. The first kappa shape index (κ1) is 31.9. The van der Waals surface area contributed by atoms with Crippen molar-refractivity contribution in [1.82, 2.24) is 0 Å². The Morgan fingerprint density at radius 2 is 0.441 bits per heavy atom. The number of rotatable bonds is 2. The molecule has 2 atom stereocenters. The van der Waals surface area contributed by atoms with Gasteiger partial charge in [0, 0.05) is 13.2 Å². The van der Waals surface area contributed by atoms with E-state index in [2.05, 4.69) is 0 Å². The molecular formula is C32H64O2. The molecule has 34 heavy (non-hydrogen) atoms. The van der Waals surface area contributed by atoms with E-state index in [1.807, 2.05) is 0 Å². The monoisotopic (exact) mass is 480 g/mol. The summed E-state index contributed by atoms with van der Waals surface area (Å²) in [6.45, 7) is 0.702. The average Bonchev–Trinajstić information content (AvgIpc) is 2.89. The van der Waals surface area contributed by atoms with Crippen LogP contribution in [0.25, 0.3) is 0 Å². The molecule has 3 saturated carbocycles. The standard InChI is InChI=1S/C12H24O2.2C10H20/c13-9-11-5-2-1-3-6-12(10-14)8-4-7-11;2*1-2-4-6-8-10-9-7-5-3-1/h11-14H,1-10H2;2*1-10H2. The lowest BCUT2D eigenvalue weighted by Gasteiger charge is -2.19. The zero-order valence-electron chi connectivity index (χ0n) is 23.3. The molecule has 2 nitrogen and oxygen atoms in total. The molecule has 0 radical (unpaired) electrons. The van der Waals surface area contributed by atoms with Gasteiger partial charge in [-0.1, -0.05) is 154 Å². The van der Waals surface area contributed by atoms with E-state index in [0.717, 1.165) is 12.8 Å². The largest absolute Gasteiger partial charge is 0.396 e. The Balaban J connectivity index is 0.000000261. The predicted octanol–water partition coefficient (Wildman–Crippen LogP) is 10.1. The number of hydrogen-bond donors (Lipinski definition) is 2. The van der Waals surface area contributed by atoms with Crippen molar-refractivity contribution in [2.75, 3.05) is 13.2 Å². The normalized spacial score (nSPS) is 27.0. The van der Waals surface area contributed by atoms with E-state index in [9.17, 15) is 0 Å². The van der Waals surface area contributed by atoms with Crippen LogP contribution in [0.15, 0.2) is 0 Å². The fourth-order valence-corrected chi connectivity index (χ4v) is 5.93. The van der Waals surface area contributed by atoms with Crippen LogP contribution in [0.1, 0.15) is 180 Å². The van der Waals surface area contributed by atoms with Crippen LogP contribution in [0, 0.1) is 11.8 Å². The maximum absolute atomic E-state index is 9.14. The summed E-state index contributed by atoms with van der Waals surface area (Å²) in [6, 6.07) is 0. The summed E-state index contributed by atoms with van der Waals surface area (Å²) in [5.74, 6) is 1.04. The minimum absolute atomic E-state index is 0.351. The number of aliphatic hydroxyl groups is 2. The van der Waals surface area contributed by atoms with Crippen molar-refractivity contribution < 1.29 is 10.2 Å². The Bertz CT molecular complexity index is 283. The highest BCUT2D eigenvalue weighted by Crippen LogP contribution is 2.24. The van der Waals surface area contributed by atoms with Crippen LogP contribution in [-0.4, -0.2) is 23.4 Å². The van der Waals surface area contributed by atoms with Crippen LogP contribution in [0.5, 0.6) is 0 Å². The van der Waals surface area contributed by atoms with Crippen LogP contribution in [0.3, 0.4) is 0 Å². The minimum atomic E-state index is 0.351. The molecule has 3 aliphatic rings. The van der Waals surface area contributed by atoms with Gasteiger partial charge >= 0.3 is 0 Å². The van der Waals surface area contributed by atoms with Gasteiger partial charge < -0.3 is 10.2 Å². The summed E-state index contributed by atoms with van der Waals surface area (Å²) in [5.41, 5.74) is 0. The maximum Gasteiger partial charge on any atom is 0.0459 e. The lowest BCUT2D eigenvalue weighted by atomic mass is 9.88. The van der Waals surface area contributed by atoms with Gasteiger partial charge in [0.1, 0.15) is 0 Å². The molecule has 0 aromatic rings. The van der Waals surface area contributed by atoms with Crippen molar-refractivity contribution in [2.24, 2.45) is 11.8 Å². The molecule has 0 amide bonds. The molecule has 0 saturated heterocycles. The first-order valence-electron chi connectivity index (χ1n) is 16.1. The van der Waals surface area contributed by atoms with Gasteiger partial charge in [-0.15, -0.1) is 0 Å².